The molecule has 4 heteroatoms. The van der Waals surface area contributed by atoms with E-state index in [0.717, 1.165) is 38.8 Å². The zero-order valence-corrected chi connectivity index (χ0v) is 10.5. The molecule has 1 saturated heterocycles. The third-order valence-electron chi connectivity index (χ3n) is 3.38. The second-order valence-electron chi connectivity index (χ2n) is 4.77. The molecule has 0 spiro atoms. The van der Waals surface area contributed by atoms with Gasteiger partial charge in [-0.15, -0.1) is 0 Å². The number of carbonyl (C=O) groups is 1. The first kappa shape index (κ1) is 13.3. The predicted molar refractivity (Wildman–Crippen MR) is 66.3 cm³/mol. The molecule has 1 aliphatic heterocycles. The van der Waals surface area contributed by atoms with Crippen molar-refractivity contribution in [2.24, 2.45) is 11.7 Å². The first-order chi connectivity index (χ1) is 7.69. The number of rotatable bonds is 4. The number of nitrogens with one attached hydrogen (secondary N) is 1. The van der Waals surface area contributed by atoms with E-state index >= 15 is 0 Å². The van der Waals surface area contributed by atoms with Crippen LogP contribution in [0.3, 0.4) is 0 Å². The molecule has 1 fully saturated rings. The van der Waals surface area contributed by atoms with E-state index in [-0.39, 0.29) is 6.03 Å². The van der Waals surface area contributed by atoms with Crippen LogP contribution in [0, 0.1) is 5.92 Å². The van der Waals surface area contributed by atoms with Crippen LogP contribution in [-0.2, 0) is 0 Å². The van der Waals surface area contributed by atoms with Gasteiger partial charge in [0.15, 0.2) is 0 Å². The summed E-state index contributed by atoms with van der Waals surface area (Å²) in [5.74, 6) is 0.480. The van der Waals surface area contributed by atoms with E-state index in [2.05, 4.69) is 19.2 Å². The second-order valence-corrected chi connectivity index (χ2v) is 4.77. The molecule has 2 atom stereocenters. The van der Waals surface area contributed by atoms with Crippen LogP contribution in [0.25, 0.3) is 0 Å². The monoisotopic (exact) mass is 227 g/mol. The van der Waals surface area contributed by atoms with Crippen LogP contribution in [0.15, 0.2) is 0 Å². The van der Waals surface area contributed by atoms with E-state index in [9.17, 15) is 4.79 Å². The maximum Gasteiger partial charge on any atom is 0.317 e. The van der Waals surface area contributed by atoms with Crippen molar-refractivity contribution in [2.75, 3.05) is 19.6 Å². The quantitative estimate of drug-likeness (QED) is 0.716. The Bertz CT molecular complexity index is 220. The van der Waals surface area contributed by atoms with Gasteiger partial charge in [0, 0.05) is 19.1 Å². The number of piperidine rings is 1. The van der Waals surface area contributed by atoms with Crippen LogP contribution in [0.1, 0.15) is 39.5 Å². The summed E-state index contributed by atoms with van der Waals surface area (Å²) >= 11 is 0. The predicted octanol–water partition coefficient (Wildman–Crippen LogP) is 1.56. The minimum Gasteiger partial charge on any atom is -0.338 e. The topological polar surface area (TPSA) is 58.4 Å². The van der Waals surface area contributed by atoms with Crippen LogP contribution in [0.2, 0.25) is 0 Å². The van der Waals surface area contributed by atoms with Crippen molar-refractivity contribution >= 4 is 6.03 Å². The van der Waals surface area contributed by atoms with Crippen molar-refractivity contribution in [3.05, 3.63) is 0 Å². The van der Waals surface area contributed by atoms with E-state index in [1.807, 2.05) is 4.90 Å². The Hall–Kier alpha value is -0.770. The van der Waals surface area contributed by atoms with Gasteiger partial charge in [-0.25, -0.2) is 4.79 Å². The molecule has 16 heavy (non-hydrogen) atoms. The van der Waals surface area contributed by atoms with E-state index in [4.69, 9.17) is 5.73 Å². The summed E-state index contributed by atoms with van der Waals surface area (Å²) in [7, 11) is 0. The molecule has 3 N–H and O–H groups in total. The van der Waals surface area contributed by atoms with Crippen molar-refractivity contribution < 1.29 is 4.79 Å². The summed E-state index contributed by atoms with van der Waals surface area (Å²) in [6, 6.07) is 0.434. The maximum atomic E-state index is 11.9. The van der Waals surface area contributed by atoms with E-state index < -0.39 is 0 Å². The summed E-state index contributed by atoms with van der Waals surface area (Å²) in [6.07, 6.45) is 4.38. The number of likely N-dealkylation sites (tertiary alicyclic amines) is 1. The fourth-order valence-corrected chi connectivity index (χ4v) is 2.13. The highest BCUT2D eigenvalue weighted by Crippen LogP contribution is 2.20. The van der Waals surface area contributed by atoms with Crippen molar-refractivity contribution in [1.82, 2.24) is 10.2 Å². The normalized spacial score (nSPS) is 25.6. The zero-order valence-electron chi connectivity index (χ0n) is 10.5. The number of urea groups is 1. The van der Waals surface area contributed by atoms with Gasteiger partial charge in [-0.05, 0) is 38.6 Å². The van der Waals surface area contributed by atoms with Crippen LogP contribution >= 0.6 is 0 Å². The average molecular weight is 227 g/mol. The zero-order chi connectivity index (χ0) is 12.0. The molecule has 4 nitrogen and oxygen atoms in total. The fourth-order valence-electron chi connectivity index (χ4n) is 2.13. The van der Waals surface area contributed by atoms with Gasteiger partial charge in [-0.2, -0.15) is 0 Å². The van der Waals surface area contributed by atoms with Gasteiger partial charge < -0.3 is 16.0 Å². The molecule has 0 radical (unpaired) electrons. The molecule has 0 aromatic heterocycles. The number of nitrogens with two attached hydrogens (primary N) is 1. The van der Waals surface area contributed by atoms with Crippen molar-refractivity contribution in [3.63, 3.8) is 0 Å². The maximum absolute atomic E-state index is 11.9. The molecule has 0 aliphatic carbocycles. The molecule has 1 heterocycles. The molecule has 0 saturated carbocycles. The van der Waals surface area contributed by atoms with E-state index in [1.165, 1.54) is 0 Å². The summed E-state index contributed by atoms with van der Waals surface area (Å²) in [6.45, 7) is 6.53. The fraction of sp³-hybridized carbons (Fsp3) is 0.917. The standard InChI is InChI=1S/C12H25N3O/c1-3-4-7-14-12(16)15-9-11(8-13)6-5-10(15)2/h10-11H,3-9,13H2,1-2H3,(H,14,16). The Kier molecular flexibility index (Phi) is 5.60. The number of nitrogens with zero attached hydrogens (tertiary/aromatic N) is 1. The third-order valence-corrected chi connectivity index (χ3v) is 3.38. The summed E-state index contributed by atoms with van der Waals surface area (Å²) in [4.78, 5) is 13.9. The molecule has 0 aromatic rings. The molecule has 2 unspecified atom stereocenters. The number of hydrogen-bond donors (Lipinski definition) is 2. The Morgan fingerprint density at radius 3 is 2.88 bits per heavy atom. The van der Waals surface area contributed by atoms with Crippen molar-refractivity contribution in [3.8, 4) is 0 Å². The van der Waals surface area contributed by atoms with Gasteiger partial charge in [0.25, 0.3) is 0 Å². The highest BCUT2D eigenvalue weighted by Gasteiger charge is 2.27. The number of carbonyl (C=O) groups excluding carboxylic acids is 1. The molecular formula is C12H25N3O. The highest BCUT2D eigenvalue weighted by molar-refractivity contribution is 5.74. The van der Waals surface area contributed by atoms with Crippen LogP contribution in [0.5, 0.6) is 0 Å². The molecule has 1 aliphatic rings. The van der Waals surface area contributed by atoms with Gasteiger partial charge in [-0.3, -0.25) is 0 Å². The van der Waals surface area contributed by atoms with E-state index in [0.29, 0.717) is 18.5 Å². The van der Waals surface area contributed by atoms with Gasteiger partial charge in [0.1, 0.15) is 0 Å². The lowest BCUT2D eigenvalue weighted by Crippen LogP contribution is -2.51. The minimum atomic E-state index is 0.0825. The van der Waals surface area contributed by atoms with Crippen LogP contribution in [-0.4, -0.2) is 36.6 Å². The second kappa shape index (κ2) is 6.74. The van der Waals surface area contributed by atoms with Gasteiger partial charge >= 0.3 is 6.03 Å². The molecule has 0 aromatic carbocycles. The molecule has 94 valence electrons. The highest BCUT2D eigenvalue weighted by atomic mass is 16.2. The van der Waals surface area contributed by atoms with Crippen LogP contribution in [0.4, 0.5) is 4.79 Å². The lowest BCUT2D eigenvalue weighted by atomic mass is 9.94. The smallest absolute Gasteiger partial charge is 0.317 e. The number of hydrogen-bond acceptors (Lipinski definition) is 2. The minimum absolute atomic E-state index is 0.0825. The average Bonchev–Trinajstić information content (AvgIpc) is 2.30. The Labute approximate surface area is 98.6 Å². The number of amides is 2. The lowest BCUT2D eigenvalue weighted by molar-refractivity contribution is 0.133. The molecular weight excluding hydrogens is 202 g/mol. The first-order valence-corrected chi connectivity index (χ1v) is 6.43. The Morgan fingerprint density at radius 1 is 1.50 bits per heavy atom. The molecule has 2 amide bonds. The van der Waals surface area contributed by atoms with E-state index in [1.54, 1.807) is 0 Å². The van der Waals surface area contributed by atoms with Crippen molar-refractivity contribution in [2.45, 2.75) is 45.6 Å². The van der Waals surface area contributed by atoms with Gasteiger partial charge in [-0.1, -0.05) is 13.3 Å². The summed E-state index contributed by atoms with van der Waals surface area (Å²) in [5.41, 5.74) is 5.67. The van der Waals surface area contributed by atoms with Crippen molar-refractivity contribution in [1.29, 1.82) is 0 Å². The molecule has 0 bridgehead atoms. The van der Waals surface area contributed by atoms with Gasteiger partial charge in [0.05, 0.1) is 0 Å². The SMILES string of the molecule is CCCCNC(=O)N1CC(CN)CCC1C. The first-order valence-electron chi connectivity index (χ1n) is 6.43. The largest absolute Gasteiger partial charge is 0.338 e. The Balaban J connectivity index is 2.39. The van der Waals surface area contributed by atoms with Gasteiger partial charge in [0.2, 0.25) is 0 Å². The lowest BCUT2D eigenvalue weighted by Gasteiger charge is -2.37. The number of unbranched alkanes of at least 4 members (excludes halogenated alkanes) is 1. The Morgan fingerprint density at radius 2 is 2.25 bits per heavy atom. The third kappa shape index (κ3) is 3.67. The summed E-state index contributed by atoms with van der Waals surface area (Å²) in [5, 5.41) is 2.97. The summed E-state index contributed by atoms with van der Waals surface area (Å²) < 4.78 is 0. The van der Waals surface area contributed by atoms with Crippen LogP contribution < -0.4 is 11.1 Å². The molecule has 1 rings (SSSR count).